The van der Waals surface area contributed by atoms with E-state index in [4.69, 9.17) is 15.6 Å². The van der Waals surface area contributed by atoms with Crippen LogP contribution < -0.4 is 5.73 Å². The number of nitrogens with two attached hydrogens (primary N) is 1. The van der Waals surface area contributed by atoms with Gasteiger partial charge in [0.15, 0.2) is 6.23 Å². The van der Waals surface area contributed by atoms with E-state index >= 15 is 0 Å². The number of aliphatic hydroxyl groups excluding tert-OH is 3. The van der Waals surface area contributed by atoms with Crippen molar-refractivity contribution in [2.75, 3.05) is 13.7 Å². The number of ether oxygens (including phenoxy) is 1. The van der Waals surface area contributed by atoms with E-state index in [-0.39, 0.29) is 5.82 Å². The summed E-state index contributed by atoms with van der Waals surface area (Å²) in [5.74, 6) is -1.06. The van der Waals surface area contributed by atoms with Crippen molar-refractivity contribution in [3.63, 3.8) is 0 Å². The van der Waals surface area contributed by atoms with E-state index in [9.17, 15) is 15.0 Å². The summed E-state index contributed by atoms with van der Waals surface area (Å²) in [6.45, 7) is -0.640. The molecule has 1 amide bonds. The van der Waals surface area contributed by atoms with Crippen molar-refractivity contribution in [3.8, 4) is 0 Å². The highest BCUT2D eigenvalue weighted by Gasteiger charge is 2.28. The highest BCUT2D eigenvalue weighted by Crippen LogP contribution is 2.14. The molecule has 0 aromatic carbocycles. The third-order valence-electron chi connectivity index (χ3n) is 2.10. The van der Waals surface area contributed by atoms with Crippen LogP contribution in [0.4, 0.5) is 0 Å². The van der Waals surface area contributed by atoms with E-state index in [1.54, 1.807) is 0 Å². The van der Waals surface area contributed by atoms with Crippen LogP contribution in [-0.2, 0) is 4.74 Å². The maximum Gasteiger partial charge on any atom is 0.288 e. The number of primary amides is 1. The van der Waals surface area contributed by atoms with Crippen molar-refractivity contribution in [3.05, 3.63) is 12.2 Å². The molecule has 0 aliphatic carbocycles. The summed E-state index contributed by atoms with van der Waals surface area (Å²) in [6, 6.07) is 0. The zero-order valence-corrected chi connectivity index (χ0v) is 9.09. The third kappa shape index (κ3) is 2.97. The third-order valence-corrected chi connectivity index (χ3v) is 2.10. The number of amides is 1. The normalized spacial score (nSPS) is 16.5. The molecule has 9 heteroatoms. The second-order valence-electron chi connectivity index (χ2n) is 3.28. The van der Waals surface area contributed by atoms with Crippen LogP contribution in [0.1, 0.15) is 16.8 Å². The van der Waals surface area contributed by atoms with Gasteiger partial charge in [0.05, 0.1) is 6.61 Å². The van der Waals surface area contributed by atoms with Crippen LogP contribution in [0, 0.1) is 0 Å². The molecule has 0 bridgehead atoms. The zero-order valence-electron chi connectivity index (χ0n) is 9.09. The minimum absolute atomic E-state index is 0.238. The molecule has 0 aliphatic rings. The van der Waals surface area contributed by atoms with Crippen LogP contribution >= 0.6 is 0 Å². The first-order chi connectivity index (χ1) is 8.01. The van der Waals surface area contributed by atoms with E-state index < -0.39 is 30.9 Å². The van der Waals surface area contributed by atoms with Crippen molar-refractivity contribution in [2.24, 2.45) is 5.73 Å². The lowest BCUT2D eigenvalue weighted by Gasteiger charge is -2.24. The van der Waals surface area contributed by atoms with E-state index in [1.165, 1.54) is 7.11 Å². The minimum Gasteiger partial charge on any atom is -0.394 e. The molecule has 3 unspecified atom stereocenters. The van der Waals surface area contributed by atoms with Gasteiger partial charge in [-0.15, -0.1) is 5.10 Å². The molecule has 1 heterocycles. The predicted octanol–water partition coefficient (Wildman–Crippen LogP) is -2.76. The molecule has 0 aliphatic heterocycles. The Bertz CT molecular complexity index is 382. The maximum atomic E-state index is 10.8. The Morgan fingerprint density at radius 2 is 2.29 bits per heavy atom. The Hall–Kier alpha value is -1.55. The fourth-order valence-corrected chi connectivity index (χ4v) is 1.21. The Labute approximate surface area is 96.4 Å². The number of methoxy groups -OCH3 is 1. The average molecular weight is 246 g/mol. The summed E-state index contributed by atoms with van der Waals surface area (Å²) < 4.78 is 5.93. The van der Waals surface area contributed by atoms with Gasteiger partial charge in [0.1, 0.15) is 18.5 Å². The summed E-state index contributed by atoms with van der Waals surface area (Å²) >= 11 is 0. The van der Waals surface area contributed by atoms with Gasteiger partial charge in [-0.2, -0.15) is 0 Å². The lowest BCUT2D eigenvalue weighted by molar-refractivity contribution is -0.124. The molecule has 5 N–H and O–H groups in total. The molecule has 3 atom stereocenters. The van der Waals surface area contributed by atoms with Gasteiger partial charge < -0.3 is 25.8 Å². The van der Waals surface area contributed by atoms with E-state index in [2.05, 4.69) is 10.1 Å². The number of nitrogens with zero attached hydrogens (tertiary/aromatic N) is 3. The van der Waals surface area contributed by atoms with Crippen molar-refractivity contribution in [2.45, 2.75) is 18.4 Å². The predicted molar refractivity (Wildman–Crippen MR) is 53.7 cm³/mol. The zero-order chi connectivity index (χ0) is 13.0. The average Bonchev–Trinajstić information content (AvgIpc) is 2.78. The fourth-order valence-electron chi connectivity index (χ4n) is 1.21. The number of hydrogen-bond donors (Lipinski definition) is 4. The highest BCUT2D eigenvalue weighted by molar-refractivity contribution is 5.88. The summed E-state index contributed by atoms with van der Waals surface area (Å²) in [6.07, 6.45) is -2.78. The van der Waals surface area contributed by atoms with Crippen LogP contribution in [0.15, 0.2) is 6.33 Å². The molecule has 0 spiro atoms. The van der Waals surface area contributed by atoms with Crippen molar-refractivity contribution in [1.82, 2.24) is 14.8 Å². The van der Waals surface area contributed by atoms with Crippen LogP contribution in [0.25, 0.3) is 0 Å². The molecule has 9 nitrogen and oxygen atoms in total. The lowest BCUT2D eigenvalue weighted by atomic mass is 10.2. The van der Waals surface area contributed by atoms with Crippen molar-refractivity contribution in [1.29, 1.82) is 0 Å². The molecular formula is C8H14N4O5. The summed E-state index contributed by atoms with van der Waals surface area (Å²) in [5, 5.41) is 31.3. The van der Waals surface area contributed by atoms with Gasteiger partial charge in [0, 0.05) is 7.11 Å². The molecule has 1 aromatic rings. The minimum atomic E-state index is -1.42. The maximum absolute atomic E-state index is 10.8. The van der Waals surface area contributed by atoms with Gasteiger partial charge in [0.2, 0.25) is 5.82 Å². The first-order valence-corrected chi connectivity index (χ1v) is 4.72. The SMILES string of the molecule is COC(C(O)C(O)CO)n1cnc(C(N)=O)n1. The van der Waals surface area contributed by atoms with E-state index in [0.717, 1.165) is 11.0 Å². The van der Waals surface area contributed by atoms with Gasteiger partial charge >= 0.3 is 0 Å². The Morgan fingerprint density at radius 3 is 2.71 bits per heavy atom. The van der Waals surface area contributed by atoms with Gasteiger partial charge in [0.25, 0.3) is 5.91 Å². The Balaban J connectivity index is 2.89. The summed E-state index contributed by atoms with van der Waals surface area (Å²) in [7, 11) is 1.27. The molecule has 0 saturated carbocycles. The molecule has 17 heavy (non-hydrogen) atoms. The molecule has 0 fully saturated rings. The Morgan fingerprint density at radius 1 is 1.65 bits per heavy atom. The summed E-state index contributed by atoms with van der Waals surface area (Å²) in [5.41, 5.74) is 4.96. The van der Waals surface area contributed by atoms with Crippen LogP contribution in [-0.4, -0.2) is 61.9 Å². The molecule has 1 rings (SSSR count). The number of carbonyl (C=O) groups excluding carboxylic acids is 1. The lowest BCUT2D eigenvalue weighted by Crippen LogP contribution is -2.38. The number of rotatable bonds is 6. The second kappa shape index (κ2) is 5.68. The van der Waals surface area contributed by atoms with Gasteiger partial charge in [-0.1, -0.05) is 0 Å². The first kappa shape index (κ1) is 13.5. The van der Waals surface area contributed by atoms with E-state index in [1.807, 2.05) is 0 Å². The molecular weight excluding hydrogens is 232 g/mol. The summed E-state index contributed by atoms with van der Waals surface area (Å²) in [4.78, 5) is 14.4. The number of hydrogen-bond acceptors (Lipinski definition) is 7. The van der Waals surface area contributed by atoms with Crippen LogP contribution in [0.2, 0.25) is 0 Å². The van der Waals surface area contributed by atoms with Crippen LogP contribution in [0.3, 0.4) is 0 Å². The highest BCUT2D eigenvalue weighted by atomic mass is 16.5. The molecule has 1 aromatic heterocycles. The standard InChI is InChI=1S/C8H14N4O5/c1-17-8(5(15)4(14)2-13)12-3-10-7(11-12)6(9)16/h3-5,8,13-15H,2H2,1H3,(H2,9,16). The Kier molecular flexibility index (Phi) is 4.52. The quantitative estimate of drug-likeness (QED) is 0.425. The fraction of sp³-hybridized carbons (Fsp3) is 0.625. The number of aliphatic hydroxyl groups is 3. The van der Waals surface area contributed by atoms with Crippen molar-refractivity contribution < 1.29 is 24.9 Å². The van der Waals surface area contributed by atoms with Gasteiger partial charge in [-0.3, -0.25) is 4.79 Å². The van der Waals surface area contributed by atoms with Crippen LogP contribution in [0.5, 0.6) is 0 Å². The second-order valence-corrected chi connectivity index (χ2v) is 3.28. The molecule has 96 valence electrons. The monoisotopic (exact) mass is 246 g/mol. The number of carbonyl (C=O) groups is 1. The van der Waals surface area contributed by atoms with Crippen molar-refractivity contribution >= 4 is 5.91 Å². The van der Waals surface area contributed by atoms with Gasteiger partial charge in [-0.05, 0) is 0 Å². The molecule has 0 saturated heterocycles. The topological polar surface area (TPSA) is 144 Å². The molecule has 0 radical (unpaired) electrons. The largest absolute Gasteiger partial charge is 0.394 e. The first-order valence-electron chi connectivity index (χ1n) is 4.72. The van der Waals surface area contributed by atoms with E-state index in [0.29, 0.717) is 0 Å². The number of aromatic nitrogens is 3. The van der Waals surface area contributed by atoms with Gasteiger partial charge in [-0.25, -0.2) is 9.67 Å². The smallest absolute Gasteiger partial charge is 0.288 e.